The number of hydrogen-bond acceptors (Lipinski definition) is 3. The van der Waals surface area contributed by atoms with E-state index < -0.39 is 0 Å². The number of hydrogen-bond donors (Lipinski definition) is 1. The van der Waals surface area contributed by atoms with Crippen molar-refractivity contribution in [2.45, 2.75) is 20.4 Å². The maximum atomic E-state index is 5.64. The average molecular weight is 370 g/mol. The topological polar surface area (TPSA) is 27.7 Å². The van der Waals surface area contributed by atoms with Gasteiger partial charge in [0, 0.05) is 38.4 Å². The molecule has 4 nitrogen and oxygen atoms in total. The van der Waals surface area contributed by atoms with Crippen molar-refractivity contribution in [3.63, 3.8) is 0 Å². The second-order valence-corrected chi connectivity index (χ2v) is 7.18. The molecule has 1 aliphatic heterocycles. The number of methoxy groups -OCH3 is 1. The summed E-state index contributed by atoms with van der Waals surface area (Å²) in [7, 11) is 1.71. The molecule has 0 saturated carbocycles. The molecule has 138 valence electrons. The van der Waals surface area contributed by atoms with Gasteiger partial charge in [-0.2, -0.15) is 0 Å². The summed E-state index contributed by atoms with van der Waals surface area (Å²) in [6, 6.07) is 14.6. The van der Waals surface area contributed by atoms with Crippen molar-refractivity contribution < 1.29 is 4.74 Å². The molecule has 2 aromatic rings. The van der Waals surface area contributed by atoms with Gasteiger partial charge in [0.25, 0.3) is 0 Å². The van der Waals surface area contributed by atoms with E-state index in [1.54, 1.807) is 7.11 Å². The molecule has 0 bridgehead atoms. The Morgan fingerprint density at radius 3 is 2.54 bits per heavy atom. The van der Waals surface area contributed by atoms with Crippen LogP contribution >= 0.6 is 12.2 Å². The van der Waals surface area contributed by atoms with E-state index in [1.165, 1.54) is 16.7 Å². The summed E-state index contributed by atoms with van der Waals surface area (Å²) in [6.45, 7) is 9.11. The summed E-state index contributed by atoms with van der Waals surface area (Å²) in [5, 5.41) is 4.24. The summed E-state index contributed by atoms with van der Waals surface area (Å²) in [4.78, 5) is 4.73. The summed E-state index contributed by atoms with van der Waals surface area (Å²) in [5.41, 5.74) is 4.93. The highest BCUT2D eigenvalue weighted by Gasteiger charge is 2.19. The van der Waals surface area contributed by atoms with Crippen molar-refractivity contribution in [3.8, 4) is 5.75 Å². The Hall–Kier alpha value is -2.11. The summed E-state index contributed by atoms with van der Waals surface area (Å²) in [6.07, 6.45) is 0. The van der Waals surface area contributed by atoms with Crippen molar-refractivity contribution in [1.82, 2.24) is 9.80 Å². The highest BCUT2D eigenvalue weighted by Crippen LogP contribution is 2.19. The Bertz CT molecular complexity index is 770. The molecule has 0 amide bonds. The zero-order chi connectivity index (χ0) is 18.5. The van der Waals surface area contributed by atoms with E-state index in [9.17, 15) is 0 Å². The number of ether oxygens (including phenoxy) is 1. The van der Waals surface area contributed by atoms with Crippen LogP contribution in [0.15, 0.2) is 42.5 Å². The zero-order valence-electron chi connectivity index (χ0n) is 15.8. The smallest absolute Gasteiger partial charge is 0.173 e. The molecule has 26 heavy (non-hydrogen) atoms. The largest absolute Gasteiger partial charge is 0.497 e. The van der Waals surface area contributed by atoms with Gasteiger partial charge in [-0.3, -0.25) is 4.90 Å². The van der Waals surface area contributed by atoms with Gasteiger partial charge in [-0.25, -0.2) is 0 Å². The van der Waals surface area contributed by atoms with Crippen molar-refractivity contribution >= 4 is 23.0 Å². The molecule has 0 atom stereocenters. The van der Waals surface area contributed by atoms with Crippen LogP contribution in [-0.2, 0) is 6.54 Å². The maximum absolute atomic E-state index is 5.64. The van der Waals surface area contributed by atoms with Gasteiger partial charge in [-0.15, -0.1) is 0 Å². The number of thiocarbonyl (C=S) groups is 1. The van der Waals surface area contributed by atoms with E-state index in [2.05, 4.69) is 59.3 Å². The number of nitrogens with one attached hydrogen (secondary N) is 1. The number of anilines is 1. The van der Waals surface area contributed by atoms with E-state index in [4.69, 9.17) is 17.0 Å². The van der Waals surface area contributed by atoms with Crippen LogP contribution in [0.25, 0.3) is 0 Å². The third-order valence-electron chi connectivity index (χ3n) is 5.05. The third kappa shape index (κ3) is 4.54. The Kier molecular flexibility index (Phi) is 6.12. The van der Waals surface area contributed by atoms with Crippen molar-refractivity contribution in [3.05, 3.63) is 59.2 Å². The highest BCUT2D eigenvalue weighted by atomic mass is 32.1. The first-order valence-electron chi connectivity index (χ1n) is 9.04. The SMILES string of the molecule is COc1cccc(CN2CCN(C(=S)Nc3cccc(C)c3C)CC2)c1. The molecule has 5 heteroatoms. The fourth-order valence-corrected chi connectivity index (χ4v) is 3.51. The molecule has 1 aliphatic rings. The monoisotopic (exact) mass is 369 g/mol. The normalized spacial score (nSPS) is 15.0. The number of nitrogens with zero attached hydrogens (tertiary/aromatic N) is 2. The minimum atomic E-state index is 0.819. The average Bonchev–Trinajstić information content (AvgIpc) is 2.66. The lowest BCUT2D eigenvalue weighted by molar-refractivity contribution is 0.177. The fraction of sp³-hybridized carbons (Fsp3) is 0.381. The Morgan fingerprint density at radius 1 is 1.08 bits per heavy atom. The molecule has 0 aliphatic carbocycles. The fourth-order valence-electron chi connectivity index (χ4n) is 3.22. The van der Waals surface area contributed by atoms with Gasteiger partial charge >= 0.3 is 0 Å². The molecule has 1 N–H and O–H groups in total. The van der Waals surface area contributed by atoms with Crippen LogP contribution < -0.4 is 10.1 Å². The molecular weight excluding hydrogens is 342 g/mol. The van der Waals surface area contributed by atoms with Crippen LogP contribution in [0.3, 0.4) is 0 Å². The zero-order valence-corrected chi connectivity index (χ0v) is 16.6. The van der Waals surface area contributed by atoms with Crippen LogP contribution in [-0.4, -0.2) is 48.2 Å². The van der Waals surface area contributed by atoms with Gasteiger partial charge in [-0.05, 0) is 61.0 Å². The lowest BCUT2D eigenvalue weighted by Crippen LogP contribution is -2.49. The lowest BCUT2D eigenvalue weighted by atomic mass is 10.1. The third-order valence-corrected chi connectivity index (χ3v) is 5.41. The molecule has 0 aromatic heterocycles. The molecular formula is C21H27N3OS. The Labute approximate surface area is 161 Å². The minimum absolute atomic E-state index is 0.819. The molecule has 1 fully saturated rings. The Balaban J connectivity index is 1.53. The van der Waals surface area contributed by atoms with Crippen LogP contribution in [0, 0.1) is 13.8 Å². The number of benzene rings is 2. The summed E-state index contributed by atoms with van der Waals surface area (Å²) >= 11 is 5.64. The summed E-state index contributed by atoms with van der Waals surface area (Å²) < 4.78 is 5.31. The summed E-state index contributed by atoms with van der Waals surface area (Å²) in [5.74, 6) is 0.917. The first kappa shape index (κ1) is 18.7. The van der Waals surface area contributed by atoms with E-state index in [0.717, 1.165) is 49.3 Å². The van der Waals surface area contributed by atoms with Gasteiger partial charge in [0.1, 0.15) is 5.75 Å². The van der Waals surface area contributed by atoms with Crippen LogP contribution in [0.4, 0.5) is 5.69 Å². The molecule has 1 saturated heterocycles. The first-order valence-corrected chi connectivity index (χ1v) is 9.45. The molecule has 1 heterocycles. The second kappa shape index (κ2) is 8.52. The van der Waals surface area contributed by atoms with Gasteiger partial charge < -0.3 is 15.0 Å². The predicted octanol–water partition coefficient (Wildman–Crippen LogP) is 3.83. The van der Waals surface area contributed by atoms with Crippen molar-refractivity contribution in [1.29, 1.82) is 0 Å². The number of rotatable bonds is 4. The second-order valence-electron chi connectivity index (χ2n) is 6.79. The van der Waals surface area contributed by atoms with Crippen molar-refractivity contribution in [2.75, 3.05) is 38.6 Å². The van der Waals surface area contributed by atoms with E-state index in [0.29, 0.717) is 0 Å². The Morgan fingerprint density at radius 2 is 1.81 bits per heavy atom. The quantitative estimate of drug-likeness (QED) is 0.827. The standard InChI is InChI=1S/C21H27N3OS/c1-16-6-4-9-20(17(16)2)22-21(26)24-12-10-23(11-13-24)15-18-7-5-8-19(14-18)25-3/h4-9,14H,10-13,15H2,1-3H3,(H,22,26). The van der Waals surface area contributed by atoms with E-state index in [1.807, 2.05) is 12.1 Å². The van der Waals surface area contributed by atoms with E-state index in [-0.39, 0.29) is 0 Å². The lowest BCUT2D eigenvalue weighted by Gasteiger charge is -2.36. The molecule has 2 aromatic carbocycles. The maximum Gasteiger partial charge on any atom is 0.173 e. The van der Waals surface area contributed by atoms with Crippen molar-refractivity contribution in [2.24, 2.45) is 0 Å². The van der Waals surface area contributed by atoms with Gasteiger partial charge in [0.05, 0.1) is 7.11 Å². The van der Waals surface area contributed by atoms with Crippen LogP contribution in [0.5, 0.6) is 5.75 Å². The minimum Gasteiger partial charge on any atom is -0.497 e. The number of piperazine rings is 1. The number of aryl methyl sites for hydroxylation is 1. The van der Waals surface area contributed by atoms with Gasteiger partial charge in [-0.1, -0.05) is 24.3 Å². The highest BCUT2D eigenvalue weighted by molar-refractivity contribution is 7.80. The first-order chi connectivity index (χ1) is 12.6. The molecule has 3 rings (SSSR count). The van der Waals surface area contributed by atoms with Crippen LogP contribution in [0.2, 0.25) is 0 Å². The molecule has 0 unspecified atom stereocenters. The molecule has 0 spiro atoms. The predicted molar refractivity (Wildman–Crippen MR) is 112 cm³/mol. The van der Waals surface area contributed by atoms with Gasteiger partial charge in [0.2, 0.25) is 0 Å². The van der Waals surface area contributed by atoms with Crippen LogP contribution in [0.1, 0.15) is 16.7 Å². The van der Waals surface area contributed by atoms with Gasteiger partial charge in [0.15, 0.2) is 5.11 Å². The van der Waals surface area contributed by atoms with E-state index >= 15 is 0 Å². The molecule has 0 radical (unpaired) electrons.